The highest BCUT2D eigenvalue weighted by molar-refractivity contribution is 5.88. The number of para-hydroxylation sites is 1. The number of nitrogens with zero attached hydrogens (tertiary/aromatic N) is 2. The Morgan fingerprint density at radius 3 is 2.68 bits per heavy atom. The summed E-state index contributed by atoms with van der Waals surface area (Å²) in [5, 5.41) is 12.5. The van der Waals surface area contributed by atoms with Crippen LogP contribution in [-0.2, 0) is 24.2 Å². The maximum atomic E-state index is 13.5. The van der Waals surface area contributed by atoms with Crippen molar-refractivity contribution < 1.29 is 9.72 Å². The number of carbonyl (C=O) groups is 1. The molecule has 1 atom stereocenters. The summed E-state index contributed by atoms with van der Waals surface area (Å²) in [4.78, 5) is 30.0. The van der Waals surface area contributed by atoms with Gasteiger partial charge in [0.25, 0.3) is 5.69 Å². The Labute approximate surface area is 198 Å². The number of benzene rings is 3. The fraction of sp³-hybridized carbons (Fsp3) is 0.250. The molecule has 0 aliphatic carbocycles. The molecule has 1 unspecified atom stereocenters. The van der Waals surface area contributed by atoms with Crippen LogP contribution in [0.1, 0.15) is 47.1 Å². The SMILES string of the molecule is CCc1cccc2c(C(CC(=O)N3CCc4ccccc4C3)c3cccc([N+](=O)[O-])c3)c[nH]c12. The van der Waals surface area contributed by atoms with Crippen molar-refractivity contribution in [3.63, 3.8) is 0 Å². The van der Waals surface area contributed by atoms with E-state index in [0.29, 0.717) is 13.1 Å². The molecular weight excluding hydrogens is 426 g/mol. The van der Waals surface area contributed by atoms with E-state index >= 15 is 0 Å². The van der Waals surface area contributed by atoms with Gasteiger partial charge in [-0.05, 0) is 40.7 Å². The highest BCUT2D eigenvalue weighted by Crippen LogP contribution is 2.36. The van der Waals surface area contributed by atoms with Gasteiger partial charge >= 0.3 is 0 Å². The third kappa shape index (κ3) is 4.07. The van der Waals surface area contributed by atoms with E-state index in [1.54, 1.807) is 12.1 Å². The fourth-order valence-corrected chi connectivity index (χ4v) is 5.10. The molecule has 6 heteroatoms. The second-order valence-electron chi connectivity index (χ2n) is 8.88. The van der Waals surface area contributed by atoms with Gasteiger partial charge in [-0.3, -0.25) is 14.9 Å². The van der Waals surface area contributed by atoms with Crippen LogP contribution in [0.15, 0.2) is 72.9 Å². The van der Waals surface area contributed by atoms with Crippen LogP contribution < -0.4 is 0 Å². The topological polar surface area (TPSA) is 79.2 Å². The molecule has 0 saturated heterocycles. The largest absolute Gasteiger partial charge is 0.361 e. The van der Waals surface area contributed by atoms with Gasteiger partial charge in [0.1, 0.15) is 0 Å². The monoisotopic (exact) mass is 453 g/mol. The van der Waals surface area contributed by atoms with Crippen LogP contribution in [0.2, 0.25) is 0 Å². The number of fused-ring (bicyclic) bond motifs is 2. The smallest absolute Gasteiger partial charge is 0.269 e. The Morgan fingerprint density at radius 2 is 1.88 bits per heavy atom. The molecule has 0 saturated carbocycles. The molecule has 1 aromatic heterocycles. The number of non-ortho nitro benzene ring substituents is 1. The molecule has 34 heavy (non-hydrogen) atoms. The summed E-state index contributed by atoms with van der Waals surface area (Å²) >= 11 is 0. The predicted octanol–water partition coefficient (Wildman–Crippen LogP) is 5.75. The van der Waals surface area contributed by atoms with E-state index < -0.39 is 0 Å². The number of nitro groups is 1. The van der Waals surface area contributed by atoms with Crippen LogP contribution >= 0.6 is 0 Å². The number of hydrogen-bond donors (Lipinski definition) is 1. The van der Waals surface area contributed by atoms with Gasteiger partial charge in [-0.25, -0.2) is 0 Å². The standard InChI is InChI=1S/C28H27N3O3/c1-2-19-9-6-12-24-26(17-29-28(19)24)25(21-10-5-11-23(15-21)31(33)34)16-27(32)30-14-13-20-7-3-4-8-22(20)18-30/h3-12,15,17,25,29H,2,13-14,16,18H2,1H3. The molecule has 6 nitrogen and oxygen atoms in total. The maximum Gasteiger partial charge on any atom is 0.269 e. The first-order chi connectivity index (χ1) is 16.5. The lowest BCUT2D eigenvalue weighted by molar-refractivity contribution is -0.384. The van der Waals surface area contributed by atoms with Gasteiger partial charge < -0.3 is 9.88 Å². The van der Waals surface area contributed by atoms with E-state index in [-0.39, 0.29) is 28.9 Å². The zero-order valence-electron chi connectivity index (χ0n) is 19.2. The molecule has 1 aliphatic rings. The Morgan fingerprint density at radius 1 is 1.09 bits per heavy atom. The number of carbonyl (C=O) groups excluding carboxylic acids is 1. The molecular formula is C28H27N3O3. The summed E-state index contributed by atoms with van der Waals surface area (Å²) < 4.78 is 0. The van der Waals surface area contributed by atoms with Gasteiger partial charge in [0.2, 0.25) is 5.91 Å². The summed E-state index contributed by atoms with van der Waals surface area (Å²) in [7, 11) is 0. The van der Waals surface area contributed by atoms with Gasteiger partial charge in [0.05, 0.1) is 4.92 Å². The number of H-pyrrole nitrogens is 1. The van der Waals surface area contributed by atoms with Crippen LogP contribution in [0.5, 0.6) is 0 Å². The summed E-state index contributed by atoms with van der Waals surface area (Å²) in [5.74, 6) is -0.225. The number of nitro benzene ring substituents is 1. The third-order valence-electron chi connectivity index (χ3n) is 6.94. The Bertz CT molecular complexity index is 1370. The van der Waals surface area contributed by atoms with Crippen LogP contribution in [0.4, 0.5) is 5.69 Å². The van der Waals surface area contributed by atoms with Crippen molar-refractivity contribution in [2.45, 2.75) is 38.6 Å². The average molecular weight is 454 g/mol. The zero-order valence-corrected chi connectivity index (χ0v) is 19.2. The van der Waals surface area contributed by atoms with Crippen LogP contribution in [0.25, 0.3) is 10.9 Å². The Kier molecular flexibility index (Phi) is 5.88. The van der Waals surface area contributed by atoms with Gasteiger partial charge in [-0.15, -0.1) is 0 Å². The molecule has 0 bridgehead atoms. The van der Waals surface area contributed by atoms with Crippen molar-refractivity contribution in [1.29, 1.82) is 0 Å². The van der Waals surface area contributed by atoms with Crippen molar-refractivity contribution in [2.24, 2.45) is 0 Å². The maximum absolute atomic E-state index is 13.5. The molecule has 0 fully saturated rings. The summed E-state index contributed by atoms with van der Waals surface area (Å²) in [6.07, 6.45) is 3.96. The van der Waals surface area contributed by atoms with E-state index in [4.69, 9.17) is 0 Å². The predicted molar refractivity (Wildman–Crippen MR) is 133 cm³/mol. The minimum absolute atomic E-state index is 0.0379. The van der Waals surface area contributed by atoms with E-state index in [1.165, 1.54) is 22.8 Å². The zero-order chi connectivity index (χ0) is 23.7. The van der Waals surface area contributed by atoms with Gasteiger partial charge in [0.15, 0.2) is 0 Å². The quantitative estimate of drug-likeness (QED) is 0.298. The molecule has 2 heterocycles. The Hall–Kier alpha value is -3.93. The minimum Gasteiger partial charge on any atom is -0.361 e. The van der Waals surface area contributed by atoms with Gasteiger partial charge in [-0.1, -0.05) is 61.5 Å². The van der Waals surface area contributed by atoms with E-state index in [9.17, 15) is 14.9 Å². The molecule has 3 aromatic carbocycles. The van der Waals surface area contributed by atoms with Gasteiger partial charge in [0, 0.05) is 54.7 Å². The minimum atomic E-state index is -0.381. The lowest BCUT2D eigenvalue weighted by Crippen LogP contribution is -2.36. The van der Waals surface area contributed by atoms with Gasteiger partial charge in [-0.2, -0.15) is 0 Å². The van der Waals surface area contributed by atoms with Crippen LogP contribution in [0, 0.1) is 10.1 Å². The molecule has 1 aliphatic heterocycles. The lowest BCUT2D eigenvalue weighted by Gasteiger charge is -2.30. The highest BCUT2D eigenvalue weighted by Gasteiger charge is 2.27. The van der Waals surface area contributed by atoms with Crippen molar-refractivity contribution in [3.05, 3.63) is 111 Å². The molecule has 1 N–H and O–H groups in total. The van der Waals surface area contributed by atoms with Crippen molar-refractivity contribution in [3.8, 4) is 0 Å². The number of rotatable bonds is 6. The summed E-state index contributed by atoms with van der Waals surface area (Å²) in [6, 6.07) is 21.1. The molecule has 1 amide bonds. The fourth-order valence-electron chi connectivity index (χ4n) is 5.10. The second-order valence-corrected chi connectivity index (χ2v) is 8.88. The summed E-state index contributed by atoms with van der Waals surface area (Å²) in [5.41, 5.74) is 6.57. The second kappa shape index (κ2) is 9.14. The van der Waals surface area contributed by atoms with Crippen molar-refractivity contribution in [2.75, 3.05) is 6.54 Å². The lowest BCUT2D eigenvalue weighted by atomic mass is 9.87. The number of hydrogen-bond acceptors (Lipinski definition) is 3. The van der Waals surface area contributed by atoms with E-state index in [2.05, 4.69) is 36.2 Å². The third-order valence-corrected chi connectivity index (χ3v) is 6.94. The molecule has 5 rings (SSSR count). The summed E-state index contributed by atoms with van der Waals surface area (Å²) in [6.45, 7) is 3.40. The number of aromatic nitrogens is 1. The number of amides is 1. The first-order valence-corrected chi connectivity index (χ1v) is 11.7. The molecule has 4 aromatic rings. The first kappa shape index (κ1) is 21.9. The Balaban J connectivity index is 1.52. The highest BCUT2D eigenvalue weighted by atomic mass is 16.6. The van der Waals surface area contributed by atoms with E-state index in [1.807, 2.05) is 35.4 Å². The molecule has 0 spiro atoms. The van der Waals surface area contributed by atoms with Crippen LogP contribution in [0.3, 0.4) is 0 Å². The normalized spacial score (nSPS) is 14.1. The van der Waals surface area contributed by atoms with Crippen molar-refractivity contribution in [1.82, 2.24) is 9.88 Å². The first-order valence-electron chi connectivity index (χ1n) is 11.7. The number of aryl methyl sites for hydroxylation is 1. The van der Waals surface area contributed by atoms with E-state index in [0.717, 1.165) is 34.9 Å². The number of aromatic amines is 1. The molecule has 0 radical (unpaired) electrons. The number of nitrogens with one attached hydrogen (secondary N) is 1. The van der Waals surface area contributed by atoms with Crippen LogP contribution in [-0.4, -0.2) is 27.3 Å². The average Bonchev–Trinajstić information content (AvgIpc) is 3.31. The molecule has 172 valence electrons. The van der Waals surface area contributed by atoms with Crippen molar-refractivity contribution >= 4 is 22.5 Å².